The summed E-state index contributed by atoms with van der Waals surface area (Å²) >= 11 is 0. The van der Waals surface area contributed by atoms with Crippen LogP contribution in [0.1, 0.15) is 19.8 Å². The van der Waals surface area contributed by atoms with E-state index in [0.29, 0.717) is 5.92 Å². The molecule has 2 unspecified atom stereocenters. The highest BCUT2D eigenvalue weighted by Crippen LogP contribution is 2.22. The van der Waals surface area contributed by atoms with Crippen molar-refractivity contribution in [1.29, 1.82) is 0 Å². The normalized spacial score (nSPS) is 23.6. The molecule has 2 atom stereocenters. The molecule has 1 aliphatic heterocycles. The van der Waals surface area contributed by atoms with Crippen LogP contribution < -0.4 is 5.32 Å². The summed E-state index contributed by atoms with van der Waals surface area (Å²) in [5.74, 6) is 0.395. The summed E-state index contributed by atoms with van der Waals surface area (Å²) in [6, 6.07) is 0.0145. The van der Waals surface area contributed by atoms with Gasteiger partial charge in [0.05, 0.1) is 0 Å². The van der Waals surface area contributed by atoms with Crippen LogP contribution in [-0.4, -0.2) is 55.0 Å². The van der Waals surface area contributed by atoms with Crippen molar-refractivity contribution in [1.82, 2.24) is 10.2 Å². The van der Waals surface area contributed by atoms with Crippen molar-refractivity contribution in [2.24, 2.45) is 5.92 Å². The van der Waals surface area contributed by atoms with Gasteiger partial charge >= 0.3 is 6.18 Å². The molecule has 0 aromatic heterocycles. The topological polar surface area (TPSA) is 35.5 Å². The molecule has 1 saturated heterocycles. The molecular formula is C11H21F3N2O. The Labute approximate surface area is 100.0 Å². The Kier molecular flexibility index (Phi) is 5.22. The average molecular weight is 254 g/mol. The molecule has 0 aromatic rings. The van der Waals surface area contributed by atoms with Crippen molar-refractivity contribution in [2.45, 2.75) is 38.1 Å². The van der Waals surface area contributed by atoms with Gasteiger partial charge in [-0.25, -0.2) is 0 Å². The number of aliphatic hydroxyl groups is 1. The minimum absolute atomic E-state index is 0.0145. The average Bonchev–Trinajstić information content (AvgIpc) is 2.25. The van der Waals surface area contributed by atoms with Crippen LogP contribution >= 0.6 is 0 Å². The SMILES string of the molecule is CC(NCC(O)C(F)(F)F)C1CCN(C)CC1. The lowest BCUT2D eigenvalue weighted by molar-refractivity contribution is -0.202. The molecule has 102 valence electrons. The fraction of sp³-hybridized carbons (Fsp3) is 1.00. The standard InChI is InChI=1S/C11H21F3N2O/c1-8(9-3-5-16(2)6-4-9)15-7-10(17)11(12,13)14/h8-10,15,17H,3-7H2,1-2H3. The van der Waals surface area contributed by atoms with E-state index in [1.807, 2.05) is 14.0 Å². The van der Waals surface area contributed by atoms with E-state index in [0.717, 1.165) is 25.9 Å². The van der Waals surface area contributed by atoms with Gasteiger partial charge in [0.15, 0.2) is 6.10 Å². The number of piperidine rings is 1. The van der Waals surface area contributed by atoms with Crippen LogP contribution in [0.3, 0.4) is 0 Å². The zero-order valence-electron chi connectivity index (χ0n) is 10.3. The first-order chi connectivity index (χ1) is 7.80. The molecule has 1 aliphatic rings. The van der Waals surface area contributed by atoms with E-state index in [4.69, 9.17) is 5.11 Å². The highest BCUT2D eigenvalue weighted by atomic mass is 19.4. The zero-order valence-corrected chi connectivity index (χ0v) is 10.3. The van der Waals surface area contributed by atoms with Gasteiger partial charge in [-0.1, -0.05) is 0 Å². The summed E-state index contributed by atoms with van der Waals surface area (Å²) < 4.78 is 36.3. The molecule has 0 bridgehead atoms. The van der Waals surface area contributed by atoms with Crippen LogP contribution in [0.2, 0.25) is 0 Å². The Morgan fingerprint density at radius 3 is 2.35 bits per heavy atom. The molecular weight excluding hydrogens is 233 g/mol. The van der Waals surface area contributed by atoms with Crippen molar-refractivity contribution in [2.75, 3.05) is 26.7 Å². The van der Waals surface area contributed by atoms with Gasteiger partial charge in [0, 0.05) is 12.6 Å². The van der Waals surface area contributed by atoms with Gasteiger partial charge in [0.25, 0.3) is 0 Å². The first-order valence-corrected chi connectivity index (χ1v) is 5.97. The molecule has 1 heterocycles. The predicted octanol–water partition coefficient (Wildman–Crippen LogP) is 1.23. The highest BCUT2D eigenvalue weighted by Gasteiger charge is 2.38. The van der Waals surface area contributed by atoms with Gasteiger partial charge < -0.3 is 15.3 Å². The first kappa shape index (κ1) is 14.7. The second kappa shape index (κ2) is 6.02. The molecule has 0 saturated carbocycles. The number of halogens is 3. The lowest BCUT2D eigenvalue weighted by Crippen LogP contribution is -2.46. The number of hydrogen-bond acceptors (Lipinski definition) is 3. The second-order valence-corrected chi connectivity index (χ2v) is 4.90. The van der Waals surface area contributed by atoms with Crippen LogP contribution in [0.5, 0.6) is 0 Å². The van der Waals surface area contributed by atoms with Gasteiger partial charge in [0.1, 0.15) is 0 Å². The largest absolute Gasteiger partial charge is 0.415 e. The summed E-state index contributed by atoms with van der Waals surface area (Å²) in [6.45, 7) is 3.44. The first-order valence-electron chi connectivity index (χ1n) is 5.97. The van der Waals surface area contributed by atoms with Crippen LogP contribution in [0.15, 0.2) is 0 Å². The number of nitrogens with zero attached hydrogens (tertiary/aromatic N) is 1. The summed E-state index contributed by atoms with van der Waals surface area (Å²) in [7, 11) is 2.04. The molecule has 17 heavy (non-hydrogen) atoms. The maximum atomic E-state index is 12.1. The lowest BCUT2D eigenvalue weighted by atomic mass is 9.90. The van der Waals surface area contributed by atoms with Crippen molar-refractivity contribution < 1.29 is 18.3 Å². The van der Waals surface area contributed by atoms with E-state index in [9.17, 15) is 13.2 Å². The zero-order chi connectivity index (χ0) is 13.1. The summed E-state index contributed by atoms with van der Waals surface area (Å²) in [6.07, 6.45) is -4.81. The number of aliphatic hydroxyl groups excluding tert-OH is 1. The second-order valence-electron chi connectivity index (χ2n) is 4.90. The molecule has 6 heteroatoms. The molecule has 1 rings (SSSR count). The van der Waals surface area contributed by atoms with Gasteiger partial charge in [-0.3, -0.25) is 0 Å². The minimum Gasteiger partial charge on any atom is -0.382 e. The van der Waals surface area contributed by atoms with Gasteiger partial charge in [-0.15, -0.1) is 0 Å². The monoisotopic (exact) mass is 254 g/mol. The van der Waals surface area contributed by atoms with Crippen LogP contribution in [0.4, 0.5) is 13.2 Å². The predicted molar refractivity (Wildman–Crippen MR) is 59.7 cm³/mol. The van der Waals surface area contributed by atoms with E-state index in [2.05, 4.69) is 10.2 Å². The molecule has 0 spiro atoms. The third-order valence-corrected chi connectivity index (χ3v) is 3.48. The van der Waals surface area contributed by atoms with Crippen molar-refractivity contribution in [3.8, 4) is 0 Å². The summed E-state index contributed by atoms with van der Waals surface area (Å²) in [4.78, 5) is 2.22. The van der Waals surface area contributed by atoms with Crippen LogP contribution in [0.25, 0.3) is 0 Å². The Morgan fingerprint density at radius 1 is 1.35 bits per heavy atom. The van der Waals surface area contributed by atoms with Crippen molar-refractivity contribution in [3.63, 3.8) is 0 Å². The molecule has 0 aliphatic carbocycles. The third-order valence-electron chi connectivity index (χ3n) is 3.48. The molecule has 1 fully saturated rings. The number of likely N-dealkylation sites (tertiary alicyclic amines) is 1. The molecule has 3 nitrogen and oxygen atoms in total. The quantitative estimate of drug-likeness (QED) is 0.792. The Morgan fingerprint density at radius 2 is 1.88 bits per heavy atom. The maximum Gasteiger partial charge on any atom is 0.415 e. The number of nitrogens with one attached hydrogen (secondary N) is 1. The van der Waals surface area contributed by atoms with E-state index in [1.165, 1.54) is 0 Å². The lowest BCUT2D eigenvalue weighted by Gasteiger charge is -2.33. The Bertz CT molecular complexity index is 227. The third kappa shape index (κ3) is 4.81. The maximum absolute atomic E-state index is 12.1. The summed E-state index contributed by atoms with van der Waals surface area (Å²) in [5, 5.41) is 11.7. The fourth-order valence-corrected chi connectivity index (χ4v) is 2.11. The smallest absolute Gasteiger partial charge is 0.382 e. The number of alkyl halides is 3. The molecule has 0 radical (unpaired) electrons. The van der Waals surface area contributed by atoms with E-state index < -0.39 is 18.8 Å². The number of rotatable bonds is 4. The summed E-state index contributed by atoms with van der Waals surface area (Å²) in [5.41, 5.74) is 0. The Balaban J connectivity index is 2.27. The molecule has 2 N–H and O–H groups in total. The van der Waals surface area contributed by atoms with Crippen LogP contribution in [-0.2, 0) is 0 Å². The molecule has 0 amide bonds. The number of hydrogen-bond donors (Lipinski definition) is 2. The van der Waals surface area contributed by atoms with Gasteiger partial charge in [0.2, 0.25) is 0 Å². The Hall–Kier alpha value is -0.330. The van der Waals surface area contributed by atoms with E-state index in [1.54, 1.807) is 0 Å². The van der Waals surface area contributed by atoms with Gasteiger partial charge in [-0.2, -0.15) is 13.2 Å². The minimum atomic E-state index is -4.53. The van der Waals surface area contributed by atoms with E-state index >= 15 is 0 Å². The van der Waals surface area contributed by atoms with E-state index in [-0.39, 0.29) is 6.04 Å². The fourth-order valence-electron chi connectivity index (χ4n) is 2.11. The van der Waals surface area contributed by atoms with Crippen molar-refractivity contribution in [3.05, 3.63) is 0 Å². The van der Waals surface area contributed by atoms with Crippen molar-refractivity contribution >= 4 is 0 Å². The highest BCUT2D eigenvalue weighted by molar-refractivity contribution is 4.80. The van der Waals surface area contributed by atoms with Gasteiger partial charge in [-0.05, 0) is 45.8 Å². The molecule has 0 aromatic carbocycles. The van der Waals surface area contributed by atoms with Crippen LogP contribution in [0, 0.1) is 5.92 Å².